The van der Waals surface area contributed by atoms with Crippen LogP contribution in [0, 0.1) is 0 Å². The molecule has 11 heteroatoms. The van der Waals surface area contributed by atoms with Crippen molar-refractivity contribution in [2.45, 2.75) is 97.9 Å². The van der Waals surface area contributed by atoms with E-state index in [0.717, 1.165) is 74.5 Å². The smallest absolute Gasteiger partial charge is 0.128 e. The van der Waals surface area contributed by atoms with Crippen LogP contribution >= 0.6 is 45.3 Å². The fraction of sp³-hybridized carbons (Fsp3) is 0.263. The number of ether oxygens (including phenoxy) is 4. The van der Waals surface area contributed by atoms with Crippen LogP contribution in [0.3, 0.4) is 0 Å². The molecule has 4 heterocycles. The number of rotatable bonds is 19. The highest BCUT2D eigenvalue weighted by molar-refractivity contribution is 7.10. The van der Waals surface area contributed by atoms with Crippen molar-refractivity contribution in [2.24, 2.45) is 11.5 Å². The molecule has 5 N–H and O–H groups in total. The Morgan fingerprint density at radius 3 is 1.38 bits per heavy atom. The molecule has 0 spiro atoms. The molecule has 4 aromatic heterocycles. The number of fused-ring (bicyclic) bond motifs is 4. The molecule has 7 nitrogen and oxygen atoms in total. The number of thiophene rings is 4. The number of likely N-dealkylation sites (N-methyl/N-ethyl adjacent to an activating group) is 1. The van der Waals surface area contributed by atoms with Gasteiger partial charge in [0.05, 0.1) is 5.41 Å². The lowest BCUT2D eigenvalue weighted by molar-refractivity contribution is 0.166. The number of hydrogen-bond acceptors (Lipinski definition) is 11. The first-order valence-corrected chi connectivity index (χ1v) is 34.3. The van der Waals surface area contributed by atoms with Crippen molar-refractivity contribution in [3.05, 3.63) is 259 Å². The summed E-state index contributed by atoms with van der Waals surface area (Å²) in [6.45, 7) is 4.55. The van der Waals surface area contributed by atoms with E-state index in [2.05, 4.69) is 251 Å². The van der Waals surface area contributed by atoms with Crippen molar-refractivity contribution in [1.82, 2.24) is 5.32 Å². The summed E-state index contributed by atoms with van der Waals surface area (Å²) in [6, 6.07) is 71.9. The molecule has 0 bridgehead atoms. The third kappa shape index (κ3) is 12.3. The highest BCUT2D eigenvalue weighted by atomic mass is 32.1. The van der Waals surface area contributed by atoms with E-state index < -0.39 is 0 Å². The molecule has 0 unspecified atom stereocenters. The maximum atomic E-state index is 6.53. The Morgan fingerprint density at radius 1 is 0.448 bits per heavy atom. The van der Waals surface area contributed by atoms with Crippen molar-refractivity contribution < 1.29 is 18.9 Å². The Labute approximate surface area is 527 Å². The predicted molar refractivity (Wildman–Crippen MR) is 367 cm³/mol. The van der Waals surface area contributed by atoms with Crippen LogP contribution in [0.5, 0.6) is 23.0 Å². The summed E-state index contributed by atoms with van der Waals surface area (Å²) in [5.41, 5.74) is 14.7. The highest BCUT2D eigenvalue weighted by Gasteiger charge is 2.60. The number of nitrogens with two attached hydrogens (primary N) is 2. The number of nitrogens with one attached hydrogen (secondary N) is 1. The van der Waals surface area contributed by atoms with Crippen molar-refractivity contribution in [3.8, 4) is 23.0 Å². The zero-order valence-corrected chi connectivity index (χ0v) is 52.7. The van der Waals surface area contributed by atoms with Crippen LogP contribution in [-0.2, 0) is 10.8 Å². The predicted octanol–water partition coefficient (Wildman–Crippen LogP) is 18.7. The van der Waals surface area contributed by atoms with Gasteiger partial charge >= 0.3 is 0 Å². The molecule has 8 aromatic carbocycles. The van der Waals surface area contributed by atoms with Gasteiger partial charge in [-0.1, -0.05) is 165 Å². The fourth-order valence-electron chi connectivity index (χ4n) is 13.3. The van der Waals surface area contributed by atoms with Crippen molar-refractivity contribution >= 4 is 88.4 Å². The maximum absolute atomic E-state index is 6.53. The van der Waals surface area contributed by atoms with Gasteiger partial charge in [0.15, 0.2) is 0 Å². The first-order valence-electron chi connectivity index (χ1n) is 30.6. The van der Waals surface area contributed by atoms with E-state index in [4.69, 9.17) is 30.4 Å². The first-order chi connectivity index (χ1) is 42.8. The Bertz CT molecular complexity index is 4040. The second kappa shape index (κ2) is 25.8. The summed E-state index contributed by atoms with van der Waals surface area (Å²) < 4.78 is 25.8. The molecule has 4 saturated carbocycles. The lowest BCUT2D eigenvalue weighted by Crippen LogP contribution is -2.28. The molecular formula is C76H75N3O4S4. The molecule has 4 aliphatic carbocycles. The quantitative estimate of drug-likeness (QED) is 0.0741. The second-order valence-corrected chi connectivity index (χ2v) is 27.2. The lowest BCUT2D eigenvalue weighted by atomic mass is 9.95. The van der Waals surface area contributed by atoms with E-state index in [-0.39, 0.29) is 28.1 Å². The minimum atomic E-state index is -0.125. The molecule has 4 fully saturated rings. The molecule has 87 heavy (non-hydrogen) atoms. The van der Waals surface area contributed by atoms with Gasteiger partial charge in [0.1, 0.15) is 46.4 Å². The summed E-state index contributed by atoms with van der Waals surface area (Å²) in [7, 11) is 2.02. The molecule has 8 atom stereocenters. The average Bonchev–Trinajstić information content (AvgIpc) is 1.94. The molecule has 12 aromatic rings. The topological polar surface area (TPSA) is 101 Å². The summed E-state index contributed by atoms with van der Waals surface area (Å²) in [4.78, 5) is 2.83. The van der Waals surface area contributed by atoms with Gasteiger partial charge < -0.3 is 35.7 Å². The van der Waals surface area contributed by atoms with E-state index in [1.165, 1.54) is 64.0 Å². The highest BCUT2D eigenvalue weighted by Crippen LogP contribution is 2.59. The van der Waals surface area contributed by atoms with Gasteiger partial charge in [0.25, 0.3) is 0 Å². The Kier molecular flexibility index (Phi) is 17.4. The monoisotopic (exact) mass is 1220 g/mol. The summed E-state index contributed by atoms with van der Waals surface area (Å²) in [5, 5.41) is 26.1. The molecule has 16 rings (SSSR count). The lowest BCUT2D eigenvalue weighted by Gasteiger charge is -2.20. The van der Waals surface area contributed by atoms with Crippen LogP contribution in [0.2, 0.25) is 0 Å². The Morgan fingerprint density at radius 2 is 0.908 bits per heavy atom. The molecule has 0 amide bonds. The van der Waals surface area contributed by atoms with Gasteiger partial charge in [-0.05, 0) is 166 Å². The van der Waals surface area contributed by atoms with Crippen molar-refractivity contribution in [1.29, 1.82) is 0 Å². The normalized spacial score (nSPS) is 23.7. The zero-order chi connectivity index (χ0) is 59.3. The van der Waals surface area contributed by atoms with Crippen LogP contribution in [0.4, 0.5) is 0 Å². The van der Waals surface area contributed by atoms with E-state index in [0.29, 0.717) is 31.0 Å². The van der Waals surface area contributed by atoms with Crippen LogP contribution in [0.15, 0.2) is 239 Å². The fourth-order valence-corrected chi connectivity index (χ4v) is 16.7. The third-order valence-electron chi connectivity index (χ3n) is 18.4. The molecule has 4 aliphatic rings. The van der Waals surface area contributed by atoms with Crippen LogP contribution in [0.25, 0.3) is 43.1 Å². The van der Waals surface area contributed by atoms with Gasteiger partial charge in [-0.15, -0.1) is 22.7 Å². The number of hydrogen-bond donors (Lipinski definition) is 3. The Balaban J connectivity index is 0.000000107. The minimum Gasteiger partial charge on any atom is -0.489 e. The molecule has 0 radical (unpaired) electrons. The van der Waals surface area contributed by atoms with E-state index in [1.54, 1.807) is 22.7 Å². The minimum absolute atomic E-state index is 0.121. The van der Waals surface area contributed by atoms with Crippen molar-refractivity contribution in [3.63, 3.8) is 0 Å². The van der Waals surface area contributed by atoms with Gasteiger partial charge in [-0.25, -0.2) is 0 Å². The van der Waals surface area contributed by atoms with E-state index in [9.17, 15) is 0 Å². The third-order valence-corrected chi connectivity index (χ3v) is 21.9. The molecule has 0 aliphatic heterocycles. The van der Waals surface area contributed by atoms with Crippen LogP contribution < -0.4 is 35.7 Å². The molecular weight excluding hydrogens is 1150 g/mol. The van der Waals surface area contributed by atoms with Gasteiger partial charge in [0.2, 0.25) is 0 Å². The average molecular weight is 1220 g/mol. The van der Waals surface area contributed by atoms with Crippen molar-refractivity contribution in [2.75, 3.05) is 26.7 Å². The molecule has 442 valence electrons. The van der Waals surface area contributed by atoms with Gasteiger partial charge in [-0.2, -0.15) is 22.7 Å². The van der Waals surface area contributed by atoms with Gasteiger partial charge in [0, 0.05) is 67.9 Å². The largest absolute Gasteiger partial charge is 0.489 e. The number of benzene rings is 8. The first kappa shape index (κ1) is 58.7. The van der Waals surface area contributed by atoms with Crippen LogP contribution in [0.1, 0.15) is 84.6 Å². The van der Waals surface area contributed by atoms with E-state index >= 15 is 0 Å². The van der Waals surface area contributed by atoms with Crippen LogP contribution in [-0.4, -0.2) is 50.1 Å². The Hall–Kier alpha value is -7.32. The summed E-state index contributed by atoms with van der Waals surface area (Å²) in [6.07, 6.45) is 7.83. The second-order valence-electron chi connectivity index (χ2n) is 23.7. The summed E-state index contributed by atoms with van der Waals surface area (Å²) >= 11 is 7.17. The van der Waals surface area contributed by atoms with E-state index in [1.807, 2.05) is 29.7 Å². The SMILES string of the molecule is CC[C@]1(c2ccsc2)C[C@H]1Oc1cccc2ccccc12.CNC[C@@]1(c2cccs2)C[C@H]1Oc1cccc2ccccc12.NCC[C@@]1(Oc2cccc3ccccc23)C[C@@H]1c1ccsc1.NCC[C@@]1(Oc2cccc3ccccc23)C[C@H]1c1cccs1. The van der Waals surface area contributed by atoms with Gasteiger partial charge in [-0.3, -0.25) is 0 Å². The zero-order valence-electron chi connectivity index (χ0n) is 49.4. The maximum Gasteiger partial charge on any atom is 0.128 e. The summed E-state index contributed by atoms with van der Waals surface area (Å²) in [5.74, 6) is 4.92. The molecule has 0 saturated heterocycles. The standard InChI is InChI=1S/3C19H19NOS.C19H18OS/c1-20-13-19(18-10-5-11-22-18)12-17(19)21-16-9-4-7-14-6-2-3-8-15(14)16;20-11-10-19(13-16(19)18-9-4-12-22-18)21-17-8-3-6-14-5-1-2-7-15(14)17;20-10-9-19(12-17(19)15-8-11-22-13-15)21-18-7-3-5-14-4-1-2-6-16(14)18;1-2-19(15-10-11-21-13-15)12-18(19)20-17-9-5-7-14-6-3-4-8-16(14)17/h2-11,17,20H,12-13H2,1H3;1-9,12,16H,10-11,13,20H2;1-8,11,13,17H,9-10,12,20H2;3-11,13,18H,2,12H2,1H3/t17-,19+;16-,19+;17-,19-;18-,19-/m1011/s1.